The number of nitrogens with zero attached hydrogens (tertiary/aromatic N) is 1. The number of hydrogen-bond donors (Lipinski definition) is 2. The summed E-state index contributed by atoms with van der Waals surface area (Å²) in [5, 5.41) is 8.97. The molecule has 1 amide bonds. The number of aromatic nitrogens is 2. The molecule has 0 aromatic carbocycles. The molecule has 6 nitrogen and oxygen atoms in total. The lowest BCUT2D eigenvalue weighted by Gasteiger charge is -2.00. The van der Waals surface area contributed by atoms with Crippen molar-refractivity contribution in [1.29, 1.82) is 0 Å². The molecule has 94 valence electrons. The van der Waals surface area contributed by atoms with Gasteiger partial charge in [0.1, 0.15) is 0 Å². The number of nitrogens with one attached hydrogen (secondary N) is 2. The largest absolute Gasteiger partial charge is 0.451 e. The zero-order chi connectivity index (χ0) is 12.8. The Bertz CT molecular complexity index is 398. The van der Waals surface area contributed by atoms with Gasteiger partial charge >= 0.3 is 5.97 Å². The molecule has 1 aromatic rings. The first-order chi connectivity index (χ1) is 8.02. The van der Waals surface area contributed by atoms with E-state index in [-0.39, 0.29) is 18.2 Å². The molecule has 17 heavy (non-hydrogen) atoms. The molecule has 0 saturated heterocycles. The maximum atomic E-state index is 11.5. The fourth-order valence-electron chi connectivity index (χ4n) is 1.29. The number of amides is 1. The van der Waals surface area contributed by atoms with Gasteiger partial charge in [0.15, 0.2) is 12.3 Å². The molecule has 2 N–H and O–H groups in total. The Morgan fingerprint density at radius 1 is 1.53 bits per heavy atom. The molecule has 0 bridgehead atoms. The van der Waals surface area contributed by atoms with Crippen molar-refractivity contribution in [2.75, 3.05) is 13.7 Å². The second-order valence-corrected chi connectivity index (χ2v) is 4.13. The fraction of sp³-hybridized carbons (Fsp3) is 0.545. The number of carbonyl (C=O) groups is 2. The number of rotatable bonds is 5. The lowest BCUT2D eigenvalue weighted by Crippen LogP contribution is -2.25. The molecule has 1 aromatic heterocycles. The molecule has 1 heterocycles. The van der Waals surface area contributed by atoms with E-state index in [1.165, 1.54) is 7.05 Å². The molecule has 0 unspecified atom stereocenters. The van der Waals surface area contributed by atoms with E-state index in [0.29, 0.717) is 5.92 Å². The highest BCUT2D eigenvalue weighted by Crippen LogP contribution is 2.07. The molecule has 0 spiro atoms. The third-order valence-corrected chi connectivity index (χ3v) is 2.08. The normalized spacial score (nSPS) is 10.4. The van der Waals surface area contributed by atoms with Crippen LogP contribution in [0.5, 0.6) is 0 Å². The number of ether oxygens (including phenoxy) is 1. The Labute approximate surface area is 99.7 Å². The predicted molar refractivity (Wildman–Crippen MR) is 61.5 cm³/mol. The van der Waals surface area contributed by atoms with Crippen LogP contribution in [0.25, 0.3) is 0 Å². The molecule has 0 atom stereocenters. The number of likely N-dealkylation sites (N-methyl/N-ethyl adjacent to an activating group) is 1. The van der Waals surface area contributed by atoms with E-state index in [9.17, 15) is 9.59 Å². The van der Waals surface area contributed by atoms with Crippen LogP contribution in [0.1, 0.15) is 30.0 Å². The molecular weight excluding hydrogens is 222 g/mol. The monoisotopic (exact) mass is 239 g/mol. The second kappa shape index (κ2) is 6.03. The molecule has 6 heteroatoms. The van der Waals surface area contributed by atoms with E-state index >= 15 is 0 Å². The van der Waals surface area contributed by atoms with E-state index in [0.717, 1.165) is 12.1 Å². The highest BCUT2D eigenvalue weighted by atomic mass is 16.5. The first-order valence-electron chi connectivity index (χ1n) is 5.45. The zero-order valence-corrected chi connectivity index (χ0v) is 10.2. The van der Waals surface area contributed by atoms with Crippen LogP contribution in [-0.4, -0.2) is 35.7 Å². The Morgan fingerprint density at radius 2 is 2.24 bits per heavy atom. The lowest BCUT2D eigenvalue weighted by atomic mass is 10.1. The maximum Gasteiger partial charge on any atom is 0.359 e. The van der Waals surface area contributed by atoms with Gasteiger partial charge in [-0.15, -0.1) is 0 Å². The second-order valence-electron chi connectivity index (χ2n) is 4.13. The quantitative estimate of drug-likeness (QED) is 0.733. The van der Waals surface area contributed by atoms with E-state index < -0.39 is 5.97 Å². The minimum absolute atomic E-state index is 0.199. The van der Waals surface area contributed by atoms with Gasteiger partial charge in [0.05, 0.1) is 0 Å². The molecule has 0 fully saturated rings. The highest BCUT2D eigenvalue weighted by molar-refractivity contribution is 5.89. The minimum Gasteiger partial charge on any atom is -0.451 e. The average Bonchev–Trinajstić information content (AvgIpc) is 2.72. The van der Waals surface area contributed by atoms with Crippen molar-refractivity contribution in [2.45, 2.75) is 20.3 Å². The van der Waals surface area contributed by atoms with Crippen LogP contribution in [-0.2, 0) is 16.0 Å². The summed E-state index contributed by atoms with van der Waals surface area (Å²) in [6.45, 7) is 3.86. The lowest BCUT2D eigenvalue weighted by molar-refractivity contribution is -0.123. The number of H-pyrrole nitrogens is 1. The van der Waals surface area contributed by atoms with Gasteiger partial charge in [-0.2, -0.15) is 5.10 Å². The number of aromatic amines is 1. The molecule has 1 rings (SSSR count). The van der Waals surface area contributed by atoms with E-state index in [1.54, 1.807) is 6.07 Å². The zero-order valence-electron chi connectivity index (χ0n) is 10.2. The average molecular weight is 239 g/mol. The predicted octanol–water partition coefficient (Wildman–Crippen LogP) is 0.511. The molecule has 0 aliphatic carbocycles. The summed E-state index contributed by atoms with van der Waals surface area (Å²) in [6.07, 6.45) is 0.815. The van der Waals surface area contributed by atoms with Crippen molar-refractivity contribution in [1.82, 2.24) is 15.5 Å². The Hall–Kier alpha value is -1.85. The summed E-state index contributed by atoms with van der Waals surface area (Å²) in [5.41, 5.74) is 1.08. The number of hydrogen-bond acceptors (Lipinski definition) is 4. The summed E-state index contributed by atoms with van der Waals surface area (Å²) in [5.74, 6) is -0.471. The molecule has 0 radical (unpaired) electrons. The van der Waals surface area contributed by atoms with Gasteiger partial charge < -0.3 is 10.1 Å². The summed E-state index contributed by atoms with van der Waals surface area (Å²) in [6, 6.07) is 1.65. The molecular formula is C11H17N3O3. The van der Waals surface area contributed by atoms with E-state index in [1.807, 2.05) is 0 Å². The maximum absolute atomic E-state index is 11.5. The standard InChI is InChI=1S/C11H17N3O3/c1-7(2)4-8-5-9(14-13-8)11(16)17-6-10(15)12-3/h5,7H,4,6H2,1-3H3,(H,12,15)(H,13,14). The summed E-state index contributed by atoms with van der Waals surface area (Å²) >= 11 is 0. The van der Waals surface area contributed by atoms with Crippen molar-refractivity contribution >= 4 is 11.9 Å². The Morgan fingerprint density at radius 3 is 2.82 bits per heavy atom. The van der Waals surface area contributed by atoms with Crippen LogP contribution < -0.4 is 5.32 Å². The van der Waals surface area contributed by atoms with Crippen molar-refractivity contribution in [2.24, 2.45) is 5.92 Å². The third kappa shape index (κ3) is 4.26. The van der Waals surface area contributed by atoms with Crippen molar-refractivity contribution in [3.05, 3.63) is 17.5 Å². The number of carbonyl (C=O) groups excluding carboxylic acids is 2. The van der Waals surface area contributed by atoms with Crippen LogP contribution in [0.3, 0.4) is 0 Å². The smallest absolute Gasteiger partial charge is 0.359 e. The Kier molecular flexibility index (Phi) is 4.68. The first-order valence-corrected chi connectivity index (χ1v) is 5.45. The summed E-state index contributed by atoms with van der Waals surface area (Å²) in [4.78, 5) is 22.4. The van der Waals surface area contributed by atoms with E-state index in [2.05, 4.69) is 29.4 Å². The molecule has 0 aliphatic heterocycles. The number of esters is 1. The van der Waals surface area contributed by atoms with Crippen molar-refractivity contribution in [3.8, 4) is 0 Å². The minimum atomic E-state index is -0.597. The molecule has 0 saturated carbocycles. The van der Waals surface area contributed by atoms with Gasteiger partial charge in [-0.1, -0.05) is 13.8 Å². The summed E-state index contributed by atoms with van der Waals surface area (Å²) in [7, 11) is 1.48. The fourth-order valence-corrected chi connectivity index (χ4v) is 1.29. The van der Waals surface area contributed by atoms with Gasteiger partial charge in [0.2, 0.25) is 0 Å². The van der Waals surface area contributed by atoms with Gasteiger partial charge in [0, 0.05) is 12.7 Å². The van der Waals surface area contributed by atoms with Crippen LogP contribution in [0.2, 0.25) is 0 Å². The van der Waals surface area contributed by atoms with Crippen molar-refractivity contribution in [3.63, 3.8) is 0 Å². The van der Waals surface area contributed by atoms with Gasteiger partial charge in [0.25, 0.3) is 5.91 Å². The SMILES string of the molecule is CNC(=O)COC(=O)c1cc(CC(C)C)[nH]n1. The van der Waals surface area contributed by atoms with Crippen LogP contribution >= 0.6 is 0 Å². The Balaban J connectivity index is 2.52. The first kappa shape index (κ1) is 13.2. The third-order valence-electron chi connectivity index (χ3n) is 2.08. The molecule has 0 aliphatic rings. The van der Waals surface area contributed by atoms with Crippen molar-refractivity contribution < 1.29 is 14.3 Å². The van der Waals surface area contributed by atoms with Gasteiger partial charge in [-0.3, -0.25) is 9.89 Å². The van der Waals surface area contributed by atoms with Gasteiger partial charge in [-0.05, 0) is 18.4 Å². The summed E-state index contributed by atoms with van der Waals surface area (Å²) < 4.78 is 4.77. The van der Waals surface area contributed by atoms with Crippen LogP contribution in [0, 0.1) is 5.92 Å². The topological polar surface area (TPSA) is 84.1 Å². The van der Waals surface area contributed by atoms with Gasteiger partial charge in [-0.25, -0.2) is 4.79 Å². The van der Waals surface area contributed by atoms with Crippen LogP contribution in [0.4, 0.5) is 0 Å². The van der Waals surface area contributed by atoms with Crippen LogP contribution in [0.15, 0.2) is 6.07 Å². The van der Waals surface area contributed by atoms with E-state index in [4.69, 9.17) is 4.74 Å². The highest BCUT2D eigenvalue weighted by Gasteiger charge is 2.13.